The lowest BCUT2D eigenvalue weighted by molar-refractivity contribution is -0.116. The summed E-state index contributed by atoms with van der Waals surface area (Å²) in [4.78, 5) is 25.0. The molecule has 0 radical (unpaired) electrons. The van der Waals surface area contributed by atoms with E-state index in [0.717, 1.165) is 5.56 Å². The number of hydrogen-bond donors (Lipinski definition) is 2. The highest BCUT2D eigenvalue weighted by molar-refractivity contribution is 7.71. The largest absolute Gasteiger partial charge is 0.497 e. The molecule has 0 aliphatic heterocycles. The van der Waals surface area contributed by atoms with Gasteiger partial charge in [0, 0.05) is 23.9 Å². The van der Waals surface area contributed by atoms with E-state index in [0.29, 0.717) is 34.1 Å². The second kappa shape index (κ2) is 10.0. The molecule has 0 saturated heterocycles. The number of hydrogen-bond acceptors (Lipinski definition) is 5. The first-order valence-corrected chi connectivity index (χ1v) is 10.3. The molecule has 1 heterocycles. The normalized spacial score (nSPS) is 10.5. The van der Waals surface area contributed by atoms with Crippen LogP contribution in [0.25, 0.3) is 0 Å². The fourth-order valence-electron chi connectivity index (χ4n) is 3.16. The predicted octanol–water partition coefficient (Wildman–Crippen LogP) is 3.32. The van der Waals surface area contributed by atoms with Crippen LogP contribution in [0.5, 0.6) is 5.75 Å². The Morgan fingerprint density at radius 2 is 1.94 bits per heavy atom. The van der Waals surface area contributed by atoms with Crippen LogP contribution in [-0.4, -0.2) is 33.3 Å². The molecule has 2 N–H and O–H groups in total. The van der Waals surface area contributed by atoms with Gasteiger partial charge in [0.25, 0.3) is 5.91 Å². The van der Waals surface area contributed by atoms with Crippen LogP contribution in [0.2, 0.25) is 0 Å². The van der Waals surface area contributed by atoms with E-state index in [9.17, 15) is 9.59 Å². The van der Waals surface area contributed by atoms with Crippen LogP contribution in [0, 0.1) is 11.7 Å². The molecule has 3 aromatic rings. The molecule has 0 fully saturated rings. The summed E-state index contributed by atoms with van der Waals surface area (Å²) in [6.07, 6.45) is 0. The molecular formula is C22H25N5O3S. The number of benzene rings is 2. The average molecular weight is 440 g/mol. The summed E-state index contributed by atoms with van der Waals surface area (Å²) in [5.41, 5.74) is 2.13. The van der Waals surface area contributed by atoms with Crippen LogP contribution < -0.4 is 15.4 Å². The Kier molecular flexibility index (Phi) is 7.19. The van der Waals surface area contributed by atoms with Crippen LogP contribution in [0.1, 0.15) is 28.7 Å². The van der Waals surface area contributed by atoms with Gasteiger partial charge in [0.2, 0.25) is 5.91 Å². The number of methoxy groups -OCH3 is 1. The second-order valence-corrected chi connectivity index (χ2v) is 7.24. The lowest BCUT2D eigenvalue weighted by Crippen LogP contribution is -2.25. The Morgan fingerprint density at radius 3 is 2.65 bits per heavy atom. The SMILES string of the molecule is CCn1c(CNC(=O)c2ccccc2C)nn(CC(=O)Nc2cccc(OC)c2)c1=S. The zero-order chi connectivity index (χ0) is 22.4. The maximum Gasteiger partial charge on any atom is 0.251 e. The molecule has 0 bridgehead atoms. The lowest BCUT2D eigenvalue weighted by Gasteiger charge is -2.07. The van der Waals surface area contributed by atoms with Gasteiger partial charge in [0.15, 0.2) is 10.6 Å². The first-order valence-electron chi connectivity index (χ1n) is 9.87. The van der Waals surface area contributed by atoms with Crippen molar-refractivity contribution in [3.63, 3.8) is 0 Å². The smallest absolute Gasteiger partial charge is 0.251 e. The zero-order valence-electron chi connectivity index (χ0n) is 17.7. The Morgan fingerprint density at radius 1 is 1.16 bits per heavy atom. The van der Waals surface area contributed by atoms with E-state index in [4.69, 9.17) is 17.0 Å². The molecule has 0 unspecified atom stereocenters. The molecule has 2 aromatic carbocycles. The Labute approximate surface area is 185 Å². The Bertz CT molecular complexity index is 1150. The summed E-state index contributed by atoms with van der Waals surface area (Å²) in [5, 5.41) is 10.2. The summed E-state index contributed by atoms with van der Waals surface area (Å²) < 4.78 is 8.85. The fraction of sp³-hybridized carbons (Fsp3) is 0.273. The Hall–Kier alpha value is -3.46. The van der Waals surface area contributed by atoms with Gasteiger partial charge in [-0.05, 0) is 49.8 Å². The molecule has 9 heteroatoms. The average Bonchev–Trinajstić information content (AvgIpc) is 3.06. The van der Waals surface area contributed by atoms with Crippen LogP contribution in [-0.2, 0) is 24.4 Å². The van der Waals surface area contributed by atoms with E-state index in [-0.39, 0.29) is 24.9 Å². The number of nitrogens with one attached hydrogen (secondary N) is 2. The van der Waals surface area contributed by atoms with E-state index >= 15 is 0 Å². The molecule has 0 spiro atoms. The number of aromatic nitrogens is 3. The molecule has 0 atom stereocenters. The van der Waals surface area contributed by atoms with Crippen LogP contribution in [0.4, 0.5) is 5.69 Å². The van der Waals surface area contributed by atoms with E-state index in [1.807, 2.05) is 32.0 Å². The van der Waals surface area contributed by atoms with E-state index in [1.54, 1.807) is 42.0 Å². The second-order valence-electron chi connectivity index (χ2n) is 6.88. The molecule has 8 nitrogen and oxygen atoms in total. The van der Waals surface area contributed by atoms with Crippen molar-refractivity contribution in [2.75, 3.05) is 12.4 Å². The third-order valence-corrected chi connectivity index (χ3v) is 5.19. The summed E-state index contributed by atoms with van der Waals surface area (Å²) >= 11 is 5.48. The summed E-state index contributed by atoms with van der Waals surface area (Å²) in [6.45, 7) is 4.56. The zero-order valence-corrected chi connectivity index (χ0v) is 18.5. The molecule has 3 rings (SSSR count). The van der Waals surface area contributed by atoms with Crippen LogP contribution in [0.15, 0.2) is 48.5 Å². The van der Waals surface area contributed by atoms with Crippen molar-refractivity contribution in [2.45, 2.75) is 33.5 Å². The molecule has 31 heavy (non-hydrogen) atoms. The Balaban J connectivity index is 1.70. The van der Waals surface area contributed by atoms with Gasteiger partial charge in [-0.2, -0.15) is 5.10 Å². The number of nitrogens with zero attached hydrogens (tertiary/aromatic N) is 3. The first-order chi connectivity index (χ1) is 14.9. The summed E-state index contributed by atoms with van der Waals surface area (Å²) in [6, 6.07) is 14.5. The maximum atomic E-state index is 12.5. The van der Waals surface area contributed by atoms with Crippen molar-refractivity contribution in [2.24, 2.45) is 0 Å². The third-order valence-electron chi connectivity index (χ3n) is 4.76. The first kappa shape index (κ1) is 22.2. The molecule has 0 saturated carbocycles. The predicted molar refractivity (Wildman–Crippen MR) is 121 cm³/mol. The number of ether oxygens (including phenoxy) is 1. The quantitative estimate of drug-likeness (QED) is 0.526. The van der Waals surface area contributed by atoms with E-state index in [2.05, 4.69) is 15.7 Å². The van der Waals surface area contributed by atoms with Crippen molar-refractivity contribution in [3.8, 4) is 5.75 Å². The van der Waals surface area contributed by atoms with Gasteiger partial charge >= 0.3 is 0 Å². The van der Waals surface area contributed by atoms with Crippen LogP contribution in [0.3, 0.4) is 0 Å². The minimum Gasteiger partial charge on any atom is -0.497 e. The van der Waals surface area contributed by atoms with Gasteiger partial charge in [-0.3, -0.25) is 9.59 Å². The standard InChI is InChI=1S/C22H25N5O3S/c1-4-26-19(13-23-21(29)18-11-6-5-8-15(18)2)25-27(22(26)31)14-20(28)24-16-9-7-10-17(12-16)30-3/h5-12H,4,13-14H2,1-3H3,(H,23,29)(H,24,28). The van der Waals surface area contributed by atoms with Crippen molar-refractivity contribution in [1.29, 1.82) is 0 Å². The summed E-state index contributed by atoms with van der Waals surface area (Å²) in [7, 11) is 1.57. The minimum absolute atomic E-state index is 0.0399. The number of carbonyl (C=O) groups is 2. The molecule has 2 amide bonds. The van der Waals surface area contributed by atoms with Gasteiger partial charge in [-0.25, -0.2) is 4.68 Å². The number of rotatable bonds is 8. The highest BCUT2D eigenvalue weighted by Crippen LogP contribution is 2.16. The number of carbonyl (C=O) groups excluding carboxylic acids is 2. The van der Waals surface area contributed by atoms with Crippen molar-refractivity contribution in [3.05, 3.63) is 70.3 Å². The number of anilines is 1. The van der Waals surface area contributed by atoms with Crippen molar-refractivity contribution in [1.82, 2.24) is 19.7 Å². The highest BCUT2D eigenvalue weighted by Gasteiger charge is 2.15. The fourth-order valence-corrected chi connectivity index (χ4v) is 3.50. The molecule has 0 aliphatic rings. The molecule has 162 valence electrons. The van der Waals surface area contributed by atoms with Crippen molar-refractivity contribution >= 4 is 29.7 Å². The minimum atomic E-state index is -0.263. The monoisotopic (exact) mass is 439 g/mol. The van der Waals surface area contributed by atoms with Crippen LogP contribution >= 0.6 is 12.2 Å². The van der Waals surface area contributed by atoms with Gasteiger partial charge < -0.3 is 19.9 Å². The third kappa shape index (κ3) is 5.37. The summed E-state index contributed by atoms with van der Waals surface area (Å²) in [5.74, 6) is 0.789. The van der Waals surface area contributed by atoms with Gasteiger partial charge in [-0.1, -0.05) is 24.3 Å². The van der Waals surface area contributed by atoms with Gasteiger partial charge in [0.05, 0.1) is 13.7 Å². The molecule has 1 aromatic heterocycles. The topological polar surface area (TPSA) is 90.2 Å². The van der Waals surface area contributed by atoms with Gasteiger partial charge in [-0.15, -0.1) is 0 Å². The van der Waals surface area contributed by atoms with Gasteiger partial charge in [0.1, 0.15) is 12.3 Å². The number of aryl methyl sites for hydroxylation is 1. The van der Waals surface area contributed by atoms with E-state index < -0.39 is 0 Å². The highest BCUT2D eigenvalue weighted by atomic mass is 32.1. The molecular weight excluding hydrogens is 414 g/mol. The van der Waals surface area contributed by atoms with Crippen molar-refractivity contribution < 1.29 is 14.3 Å². The molecule has 0 aliphatic carbocycles. The number of amides is 2. The maximum absolute atomic E-state index is 12.5. The van der Waals surface area contributed by atoms with E-state index in [1.165, 1.54) is 4.68 Å². The lowest BCUT2D eigenvalue weighted by atomic mass is 10.1.